The number of allylic oxidation sites excluding steroid dienone is 4. The Morgan fingerprint density at radius 3 is 1.96 bits per heavy atom. The second-order valence-corrected chi connectivity index (χ2v) is 8.58. The second kappa shape index (κ2) is 8.16. The van der Waals surface area contributed by atoms with Crippen molar-refractivity contribution in [3.05, 3.63) is 55.2 Å². The molecule has 6 heteroatoms. The van der Waals surface area contributed by atoms with Crippen LogP contribution < -0.4 is 0 Å². The standard InChI is InChI=1S/2C9H11IN2/c1-7-9(10)6-12(11-7)8-4-2-3-5-8;1-7-9(10)6-11-12(7)8-4-2-3-5-8/h2*2-3,6,8H,4-5H2,1H3. The maximum Gasteiger partial charge on any atom is 0.0727 e. The Balaban J connectivity index is 0.000000141. The Labute approximate surface area is 170 Å². The zero-order valence-corrected chi connectivity index (χ0v) is 18.3. The van der Waals surface area contributed by atoms with Crippen LogP contribution in [0.15, 0.2) is 36.7 Å². The van der Waals surface area contributed by atoms with E-state index in [9.17, 15) is 0 Å². The minimum atomic E-state index is 0.576. The molecule has 4 rings (SSSR count). The van der Waals surface area contributed by atoms with Gasteiger partial charge in [-0.1, -0.05) is 24.3 Å². The van der Waals surface area contributed by atoms with Gasteiger partial charge in [-0.15, -0.1) is 0 Å². The third kappa shape index (κ3) is 4.12. The maximum atomic E-state index is 4.46. The molecule has 0 N–H and O–H groups in total. The van der Waals surface area contributed by atoms with Gasteiger partial charge in [-0.25, -0.2) is 0 Å². The van der Waals surface area contributed by atoms with Crippen LogP contribution in [0.25, 0.3) is 0 Å². The first-order valence-electron chi connectivity index (χ1n) is 8.27. The molecule has 2 aliphatic rings. The van der Waals surface area contributed by atoms with E-state index in [-0.39, 0.29) is 0 Å². The van der Waals surface area contributed by atoms with Gasteiger partial charge >= 0.3 is 0 Å². The number of hydrogen-bond donors (Lipinski definition) is 0. The van der Waals surface area contributed by atoms with E-state index in [4.69, 9.17) is 0 Å². The quantitative estimate of drug-likeness (QED) is 0.374. The van der Waals surface area contributed by atoms with E-state index < -0.39 is 0 Å². The fourth-order valence-electron chi connectivity index (χ4n) is 3.04. The number of nitrogens with zero attached hydrogens (tertiary/aromatic N) is 4. The average Bonchev–Trinajstić information content (AvgIpc) is 3.32. The van der Waals surface area contributed by atoms with Gasteiger partial charge in [-0.05, 0) is 84.7 Å². The van der Waals surface area contributed by atoms with Crippen molar-refractivity contribution < 1.29 is 0 Å². The monoisotopic (exact) mass is 548 g/mol. The van der Waals surface area contributed by atoms with Gasteiger partial charge in [0, 0.05) is 11.9 Å². The van der Waals surface area contributed by atoms with Gasteiger partial charge in [0.25, 0.3) is 0 Å². The molecule has 2 aliphatic carbocycles. The largest absolute Gasteiger partial charge is 0.268 e. The van der Waals surface area contributed by atoms with Gasteiger partial charge in [0.1, 0.15) is 0 Å². The molecule has 0 spiro atoms. The summed E-state index contributed by atoms with van der Waals surface area (Å²) in [7, 11) is 0. The number of rotatable bonds is 2. The molecular weight excluding hydrogens is 526 g/mol. The van der Waals surface area contributed by atoms with Crippen LogP contribution in [0, 0.1) is 21.0 Å². The van der Waals surface area contributed by atoms with Gasteiger partial charge in [-0.2, -0.15) is 10.2 Å². The highest BCUT2D eigenvalue weighted by molar-refractivity contribution is 14.1. The van der Waals surface area contributed by atoms with Crippen molar-refractivity contribution in [1.29, 1.82) is 0 Å². The van der Waals surface area contributed by atoms with Crippen molar-refractivity contribution in [2.24, 2.45) is 0 Å². The maximum absolute atomic E-state index is 4.46. The Hall–Kier alpha value is -0.640. The molecule has 0 fully saturated rings. The minimum absolute atomic E-state index is 0.576. The van der Waals surface area contributed by atoms with Crippen molar-refractivity contribution in [1.82, 2.24) is 19.6 Å². The molecule has 0 unspecified atom stereocenters. The van der Waals surface area contributed by atoms with E-state index in [1.54, 1.807) is 0 Å². The third-order valence-electron chi connectivity index (χ3n) is 4.53. The van der Waals surface area contributed by atoms with Crippen molar-refractivity contribution in [2.75, 3.05) is 0 Å². The topological polar surface area (TPSA) is 35.6 Å². The number of halogens is 2. The summed E-state index contributed by atoms with van der Waals surface area (Å²) in [5.74, 6) is 0. The molecule has 0 aromatic carbocycles. The van der Waals surface area contributed by atoms with Crippen LogP contribution in [0.5, 0.6) is 0 Å². The van der Waals surface area contributed by atoms with E-state index in [0.717, 1.165) is 31.4 Å². The third-order valence-corrected chi connectivity index (χ3v) is 6.65. The first kappa shape index (κ1) is 18.2. The lowest BCUT2D eigenvalue weighted by Gasteiger charge is -2.11. The smallest absolute Gasteiger partial charge is 0.0727 e. The van der Waals surface area contributed by atoms with Crippen LogP contribution in [0.4, 0.5) is 0 Å². The summed E-state index contributed by atoms with van der Waals surface area (Å²) in [5, 5.41) is 8.83. The Kier molecular flexibility index (Phi) is 6.17. The first-order chi connectivity index (χ1) is 11.6. The molecule has 128 valence electrons. The predicted molar refractivity (Wildman–Crippen MR) is 114 cm³/mol. The molecule has 0 radical (unpaired) electrons. The predicted octanol–water partition coefficient (Wildman–Crippen LogP) is 5.37. The zero-order valence-electron chi connectivity index (χ0n) is 14.0. The lowest BCUT2D eigenvalue weighted by molar-refractivity contribution is 0.470. The molecule has 4 nitrogen and oxygen atoms in total. The van der Waals surface area contributed by atoms with Crippen molar-refractivity contribution >= 4 is 45.2 Å². The lowest BCUT2D eigenvalue weighted by atomic mass is 10.2. The summed E-state index contributed by atoms with van der Waals surface area (Å²) in [4.78, 5) is 0. The van der Waals surface area contributed by atoms with E-state index >= 15 is 0 Å². The molecule has 2 aromatic rings. The molecule has 2 heterocycles. The van der Waals surface area contributed by atoms with Crippen LogP contribution in [0.1, 0.15) is 49.2 Å². The summed E-state index contributed by atoms with van der Waals surface area (Å²) in [5.41, 5.74) is 2.44. The highest BCUT2D eigenvalue weighted by Gasteiger charge is 2.16. The first-order valence-corrected chi connectivity index (χ1v) is 10.4. The number of aromatic nitrogens is 4. The molecule has 0 bridgehead atoms. The molecule has 0 saturated heterocycles. The molecule has 0 aliphatic heterocycles. The summed E-state index contributed by atoms with van der Waals surface area (Å²) < 4.78 is 6.76. The molecule has 0 amide bonds. The van der Waals surface area contributed by atoms with Crippen LogP contribution >= 0.6 is 45.2 Å². The van der Waals surface area contributed by atoms with E-state index in [2.05, 4.69) is 109 Å². The fraction of sp³-hybridized carbons (Fsp3) is 0.444. The van der Waals surface area contributed by atoms with Gasteiger partial charge in [0.2, 0.25) is 0 Å². The fourth-order valence-corrected chi connectivity index (χ4v) is 3.80. The van der Waals surface area contributed by atoms with Crippen LogP contribution in [0.2, 0.25) is 0 Å². The van der Waals surface area contributed by atoms with Crippen molar-refractivity contribution in [3.8, 4) is 0 Å². The Morgan fingerprint density at radius 2 is 1.50 bits per heavy atom. The summed E-state index contributed by atoms with van der Waals surface area (Å²) >= 11 is 4.66. The van der Waals surface area contributed by atoms with Crippen LogP contribution in [0.3, 0.4) is 0 Å². The molecule has 2 aromatic heterocycles. The Bertz CT molecular complexity index is 722. The van der Waals surface area contributed by atoms with Gasteiger partial charge in [0.05, 0.1) is 31.1 Å². The average molecular weight is 548 g/mol. The van der Waals surface area contributed by atoms with E-state index in [0.29, 0.717) is 12.1 Å². The Morgan fingerprint density at radius 1 is 0.917 bits per heavy atom. The van der Waals surface area contributed by atoms with E-state index in [1.165, 1.54) is 12.8 Å². The van der Waals surface area contributed by atoms with E-state index in [1.807, 2.05) is 6.20 Å². The normalized spacial score (nSPS) is 17.5. The minimum Gasteiger partial charge on any atom is -0.268 e. The molecule has 0 atom stereocenters. The van der Waals surface area contributed by atoms with Gasteiger partial charge < -0.3 is 0 Å². The highest BCUT2D eigenvalue weighted by atomic mass is 127. The molecular formula is C18H22I2N4. The second-order valence-electron chi connectivity index (χ2n) is 6.26. The van der Waals surface area contributed by atoms with Crippen LogP contribution in [-0.2, 0) is 0 Å². The lowest BCUT2D eigenvalue weighted by Crippen LogP contribution is -2.08. The number of aryl methyl sites for hydroxylation is 1. The van der Waals surface area contributed by atoms with Gasteiger partial charge in [-0.3, -0.25) is 9.36 Å². The summed E-state index contributed by atoms with van der Waals surface area (Å²) in [6, 6.07) is 1.15. The van der Waals surface area contributed by atoms with Crippen molar-refractivity contribution in [2.45, 2.75) is 51.6 Å². The van der Waals surface area contributed by atoms with Crippen molar-refractivity contribution in [3.63, 3.8) is 0 Å². The summed E-state index contributed by atoms with van der Waals surface area (Å²) in [6.45, 7) is 4.19. The van der Waals surface area contributed by atoms with Gasteiger partial charge in [0.15, 0.2) is 0 Å². The molecule has 0 saturated carbocycles. The zero-order chi connectivity index (χ0) is 17.1. The van der Waals surface area contributed by atoms with Crippen LogP contribution in [-0.4, -0.2) is 19.6 Å². The molecule has 24 heavy (non-hydrogen) atoms. The summed E-state index contributed by atoms with van der Waals surface area (Å²) in [6.07, 6.45) is 17.5. The SMILES string of the molecule is Cc1c(I)cnn1C1CC=CC1.Cc1nn(C2CC=CC2)cc1I. The highest BCUT2D eigenvalue weighted by Crippen LogP contribution is 2.26. The number of hydrogen-bond acceptors (Lipinski definition) is 2.